The largest absolute Gasteiger partial charge is 0.302 e. The predicted molar refractivity (Wildman–Crippen MR) is 65.1 cm³/mol. The maximum Gasteiger partial charge on any atom is 0.00477 e. The van der Waals surface area contributed by atoms with Crippen LogP contribution in [0.4, 0.5) is 0 Å². The van der Waals surface area contributed by atoms with E-state index in [-0.39, 0.29) is 0 Å². The topological polar surface area (TPSA) is 3.24 Å². The van der Waals surface area contributed by atoms with Crippen LogP contribution in [0.25, 0.3) is 0 Å². The van der Waals surface area contributed by atoms with Crippen molar-refractivity contribution in [1.29, 1.82) is 0 Å². The lowest BCUT2D eigenvalue weighted by Crippen LogP contribution is -2.25. The van der Waals surface area contributed by atoms with Crippen LogP contribution in [0.5, 0.6) is 0 Å². The van der Waals surface area contributed by atoms with Crippen molar-refractivity contribution >= 4 is 0 Å². The quantitative estimate of drug-likeness (QED) is 0.729. The molecule has 2 atom stereocenters. The fourth-order valence-electron chi connectivity index (χ4n) is 2.47. The van der Waals surface area contributed by atoms with E-state index >= 15 is 0 Å². The standard InChI is InChI=1S/C14H21N/c1-12-8-9-15(10-12)11-13(2)14-6-4-3-5-7-14/h3-7,12-13H,8-11H2,1-2H3. The molecule has 0 spiro atoms. The van der Waals surface area contributed by atoms with Gasteiger partial charge in [0.05, 0.1) is 0 Å². The highest BCUT2D eigenvalue weighted by Crippen LogP contribution is 2.21. The van der Waals surface area contributed by atoms with Gasteiger partial charge in [-0.25, -0.2) is 0 Å². The molecule has 1 aromatic rings. The highest BCUT2D eigenvalue weighted by Gasteiger charge is 2.20. The summed E-state index contributed by atoms with van der Waals surface area (Å²) >= 11 is 0. The van der Waals surface area contributed by atoms with Crippen LogP contribution in [-0.2, 0) is 0 Å². The van der Waals surface area contributed by atoms with Crippen molar-refractivity contribution < 1.29 is 0 Å². The maximum absolute atomic E-state index is 2.60. The summed E-state index contributed by atoms with van der Waals surface area (Å²) in [6.45, 7) is 8.48. The molecule has 0 radical (unpaired) electrons. The first-order valence-corrected chi connectivity index (χ1v) is 6.03. The molecule has 0 amide bonds. The third-order valence-corrected chi connectivity index (χ3v) is 3.41. The molecule has 1 nitrogen and oxygen atoms in total. The molecule has 2 unspecified atom stereocenters. The summed E-state index contributed by atoms with van der Waals surface area (Å²) in [5, 5.41) is 0. The lowest BCUT2D eigenvalue weighted by molar-refractivity contribution is 0.311. The Kier molecular flexibility index (Phi) is 3.42. The number of nitrogens with zero attached hydrogens (tertiary/aromatic N) is 1. The van der Waals surface area contributed by atoms with Gasteiger partial charge < -0.3 is 4.90 Å². The van der Waals surface area contributed by atoms with E-state index in [0.717, 1.165) is 5.92 Å². The van der Waals surface area contributed by atoms with Crippen LogP contribution < -0.4 is 0 Å². The summed E-state index contributed by atoms with van der Waals surface area (Å²) in [5.74, 6) is 1.56. The van der Waals surface area contributed by atoms with Crippen molar-refractivity contribution in [2.45, 2.75) is 26.2 Å². The molecule has 1 heteroatoms. The van der Waals surface area contributed by atoms with Crippen LogP contribution in [0.15, 0.2) is 30.3 Å². The average Bonchev–Trinajstić information content (AvgIpc) is 2.65. The van der Waals surface area contributed by atoms with Gasteiger partial charge >= 0.3 is 0 Å². The second-order valence-electron chi connectivity index (χ2n) is 4.97. The zero-order valence-electron chi connectivity index (χ0n) is 9.82. The van der Waals surface area contributed by atoms with E-state index in [9.17, 15) is 0 Å². The number of hydrogen-bond donors (Lipinski definition) is 0. The second kappa shape index (κ2) is 4.80. The van der Waals surface area contributed by atoms with Crippen molar-refractivity contribution in [3.05, 3.63) is 35.9 Å². The smallest absolute Gasteiger partial charge is 0.00477 e. The molecule has 0 aromatic heterocycles. The average molecular weight is 203 g/mol. The van der Waals surface area contributed by atoms with Gasteiger partial charge in [0, 0.05) is 13.1 Å². The number of benzene rings is 1. The normalized spacial score (nSPS) is 24.3. The summed E-state index contributed by atoms with van der Waals surface area (Å²) in [6.07, 6.45) is 1.38. The van der Waals surface area contributed by atoms with Gasteiger partial charge in [0.25, 0.3) is 0 Å². The lowest BCUT2D eigenvalue weighted by atomic mass is 10.0. The Balaban J connectivity index is 1.90. The van der Waals surface area contributed by atoms with E-state index in [1.807, 2.05) is 0 Å². The molecule has 0 bridgehead atoms. The minimum atomic E-state index is 0.663. The molecule has 0 aliphatic carbocycles. The van der Waals surface area contributed by atoms with Crippen LogP contribution in [-0.4, -0.2) is 24.5 Å². The molecule has 0 saturated carbocycles. The Morgan fingerprint density at radius 2 is 2.07 bits per heavy atom. The van der Waals surface area contributed by atoms with Crippen LogP contribution in [0, 0.1) is 5.92 Å². The minimum Gasteiger partial charge on any atom is -0.302 e. The van der Waals surface area contributed by atoms with Crippen LogP contribution >= 0.6 is 0 Å². The minimum absolute atomic E-state index is 0.663. The van der Waals surface area contributed by atoms with Crippen molar-refractivity contribution in [3.8, 4) is 0 Å². The molecule has 1 aliphatic rings. The molecule has 1 saturated heterocycles. The fraction of sp³-hybridized carbons (Fsp3) is 0.571. The van der Waals surface area contributed by atoms with Gasteiger partial charge in [-0.15, -0.1) is 0 Å². The number of rotatable bonds is 3. The molecular weight excluding hydrogens is 182 g/mol. The Bertz CT molecular complexity index is 293. The maximum atomic E-state index is 2.60. The van der Waals surface area contributed by atoms with Crippen LogP contribution in [0.2, 0.25) is 0 Å². The van der Waals surface area contributed by atoms with Crippen molar-refractivity contribution in [2.75, 3.05) is 19.6 Å². The number of hydrogen-bond acceptors (Lipinski definition) is 1. The van der Waals surface area contributed by atoms with Gasteiger partial charge in [0.15, 0.2) is 0 Å². The van der Waals surface area contributed by atoms with E-state index in [2.05, 4.69) is 49.1 Å². The molecule has 1 aliphatic heterocycles. The highest BCUT2D eigenvalue weighted by atomic mass is 15.1. The SMILES string of the molecule is CC1CCN(CC(C)c2ccccc2)C1. The summed E-state index contributed by atoms with van der Waals surface area (Å²) in [5.41, 5.74) is 1.47. The monoisotopic (exact) mass is 203 g/mol. The lowest BCUT2D eigenvalue weighted by Gasteiger charge is -2.20. The molecule has 0 N–H and O–H groups in total. The van der Waals surface area contributed by atoms with Crippen molar-refractivity contribution in [2.24, 2.45) is 5.92 Å². The van der Waals surface area contributed by atoms with Gasteiger partial charge in [-0.3, -0.25) is 0 Å². The van der Waals surface area contributed by atoms with E-state index in [4.69, 9.17) is 0 Å². The summed E-state index contributed by atoms with van der Waals surface area (Å²) in [7, 11) is 0. The van der Waals surface area contributed by atoms with E-state index < -0.39 is 0 Å². The molecular formula is C14H21N. The summed E-state index contributed by atoms with van der Waals surface area (Å²) in [6, 6.07) is 10.8. The van der Waals surface area contributed by atoms with Crippen LogP contribution in [0.1, 0.15) is 31.7 Å². The molecule has 1 heterocycles. The van der Waals surface area contributed by atoms with E-state index in [1.54, 1.807) is 0 Å². The molecule has 15 heavy (non-hydrogen) atoms. The van der Waals surface area contributed by atoms with Gasteiger partial charge in [-0.1, -0.05) is 44.2 Å². The zero-order chi connectivity index (χ0) is 10.7. The summed E-state index contributed by atoms with van der Waals surface area (Å²) in [4.78, 5) is 2.60. The summed E-state index contributed by atoms with van der Waals surface area (Å²) < 4.78 is 0. The van der Waals surface area contributed by atoms with Gasteiger partial charge in [-0.05, 0) is 30.4 Å². The first-order chi connectivity index (χ1) is 7.25. The predicted octanol–water partition coefficient (Wildman–Crippen LogP) is 3.13. The van der Waals surface area contributed by atoms with Crippen molar-refractivity contribution in [1.82, 2.24) is 4.90 Å². The first-order valence-electron chi connectivity index (χ1n) is 6.03. The third-order valence-electron chi connectivity index (χ3n) is 3.41. The molecule has 82 valence electrons. The third kappa shape index (κ3) is 2.82. The van der Waals surface area contributed by atoms with Gasteiger partial charge in [0.1, 0.15) is 0 Å². The Morgan fingerprint density at radius 1 is 1.33 bits per heavy atom. The highest BCUT2D eigenvalue weighted by molar-refractivity contribution is 5.19. The first kappa shape index (κ1) is 10.7. The van der Waals surface area contributed by atoms with E-state index in [1.165, 1.54) is 31.6 Å². The Morgan fingerprint density at radius 3 is 2.67 bits per heavy atom. The molecule has 1 aromatic carbocycles. The van der Waals surface area contributed by atoms with Gasteiger partial charge in [0.2, 0.25) is 0 Å². The fourth-order valence-corrected chi connectivity index (χ4v) is 2.47. The second-order valence-corrected chi connectivity index (χ2v) is 4.97. The Hall–Kier alpha value is -0.820. The number of likely N-dealkylation sites (tertiary alicyclic amines) is 1. The van der Waals surface area contributed by atoms with Crippen molar-refractivity contribution in [3.63, 3.8) is 0 Å². The molecule has 2 rings (SSSR count). The molecule has 1 fully saturated rings. The van der Waals surface area contributed by atoms with E-state index in [0.29, 0.717) is 5.92 Å². The van der Waals surface area contributed by atoms with Gasteiger partial charge in [-0.2, -0.15) is 0 Å². The van der Waals surface area contributed by atoms with Crippen LogP contribution in [0.3, 0.4) is 0 Å². The Labute approximate surface area is 93.1 Å². The zero-order valence-corrected chi connectivity index (χ0v) is 9.82.